The lowest BCUT2D eigenvalue weighted by molar-refractivity contribution is 0.188. The zero-order valence-electron chi connectivity index (χ0n) is 10.4. The Balaban J connectivity index is 2.23. The van der Waals surface area contributed by atoms with Crippen LogP contribution in [0.15, 0.2) is 24.3 Å². The van der Waals surface area contributed by atoms with Crippen molar-refractivity contribution in [2.75, 3.05) is 11.4 Å². The molecule has 88 valence electrons. The molecular formula is C14H21NO. The molecule has 1 saturated heterocycles. The third-order valence-corrected chi connectivity index (χ3v) is 3.52. The van der Waals surface area contributed by atoms with Gasteiger partial charge in [-0.2, -0.15) is 0 Å². The van der Waals surface area contributed by atoms with Crippen molar-refractivity contribution < 1.29 is 5.11 Å². The number of benzene rings is 1. The summed E-state index contributed by atoms with van der Waals surface area (Å²) in [5, 5.41) is 9.76. The molecule has 1 unspecified atom stereocenters. The van der Waals surface area contributed by atoms with Gasteiger partial charge >= 0.3 is 0 Å². The molecule has 0 spiro atoms. The van der Waals surface area contributed by atoms with Crippen LogP contribution in [0.4, 0.5) is 5.69 Å². The maximum absolute atomic E-state index is 9.76. The molecule has 1 heterocycles. The third kappa shape index (κ3) is 2.07. The Hall–Kier alpha value is -1.02. The van der Waals surface area contributed by atoms with Crippen LogP contribution in [-0.4, -0.2) is 23.3 Å². The molecule has 1 aliphatic heterocycles. The second-order valence-corrected chi connectivity index (χ2v) is 5.30. The van der Waals surface area contributed by atoms with Crippen molar-refractivity contribution in [1.29, 1.82) is 0 Å². The summed E-state index contributed by atoms with van der Waals surface area (Å²) in [4.78, 5) is 2.30. The average Bonchev–Trinajstić information content (AvgIpc) is 2.52. The van der Waals surface area contributed by atoms with E-state index in [9.17, 15) is 5.11 Å². The van der Waals surface area contributed by atoms with Gasteiger partial charge in [0.15, 0.2) is 0 Å². The van der Waals surface area contributed by atoms with Crippen LogP contribution in [0, 0.1) is 0 Å². The van der Waals surface area contributed by atoms with Gasteiger partial charge < -0.3 is 10.0 Å². The number of aliphatic hydroxyl groups excluding tert-OH is 1. The first-order valence-corrected chi connectivity index (χ1v) is 6.07. The SMILES string of the molecule is CCc1ccc(N2CC(O)CC2(C)C)cc1. The van der Waals surface area contributed by atoms with Crippen LogP contribution in [0.25, 0.3) is 0 Å². The first-order valence-electron chi connectivity index (χ1n) is 6.07. The van der Waals surface area contributed by atoms with Crippen LogP contribution in [0.5, 0.6) is 0 Å². The van der Waals surface area contributed by atoms with E-state index in [1.807, 2.05) is 0 Å². The molecule has 0 saturated carbocycles. The van der Waals surface area contributed by atoms with Gasteiger partial charge in [0.05, 0.1) is 6.10 Å². The molecule has 2 rings (SSSR count). The van der Waals surface area contributed by atoms with Crippen molar-refractivity contribution in [3.8, 4) is 0 Å². The Morgan fingerprint density at radius 2 is 1.94 bits per heavy atom. The Labute approximate surface area is 97.9 Å². The van der Waals surface area contributed by atoms with Gasteiger partial charge in [-0.3, -0.25) is 0 Å². The van der Waals surface area contributed by atoms with Crippen molar-refractivity contribution in [2.24, 2.45) is 0 Å². The highest BCUT2D eigenvalue weighted by Crippen LogP contribution is 2.33. The fourth-order valence-electron chi connectivity index (χ4n) is 2.58. The maximum Gasteiger partial charge on any atom is 0.0737 e. The number of anilines is 1. The summed E-state index contributed by atoms with van der Waals surface area (Å²) in [6, 6.07) is 8.68. The monoisotopic (exact) mass is 219 g/mol. The zero-order valence-corrected chi connectivity index (χ0v) is 10.4. The summed E-state index contributed by atoms with van der Waals surface area (Å²) in [6.07, 6.45) is 1.73. The molecule has 0 bridgehead atoms. The predicted octanol–water partition coefficient (Wildman–Crippen LogP) is 2.60. The fourth-order valence-corrected chi connectivity index (χ4v) is 2.58. The van der Waals surface area contributed by atoms with Crippen LogP contribution in [-0.2, 0) is 6.42 Å². The van der Waals surface area contributed by atoms with E-state index in [2.05, 4.69) is 49.9 Å². The molecular weight excluding hydrogens is 198 g/mol. The Morgan fingerprint density at radius 1 is 1.31 bits per heavy atom. The second-order valence-electron chi connectivity index (χ2n) is 5.30. The summed E-state index contributed by atoms with van der Waals surface area (Å²) in [5.74, 6) is 0. The van der Waals surface area contributed by atoms with E-state index >= 15 is 0 Å². The van der Waals surface area contributed by atoms with Crippen LogP contribution < -0.4 is 4.90 Å². The molecule has 0 aliphatic carbocycles. The molecule has 2 nitrogen and oxygen atoms in total. The summed E-state index contributed by atoms with van der Waals surface area (Å²) in [7, 11) is 0. The van der Waals surface area contributed by atoms with Crippen molar-refractivity contribution in [3.05, 3.63) is 29.8 Å². The molecule has 1 atom stereocenters. The van der Waals surface area contributed by atoms with Crippen molar-refractivity contribution in [2.45, 2.75) is 45.3 Å². The van der Waals surface area contributed by atoms with Crippen LogP contribution in [0.2, 0.25) is 0 Å². The number of hydrogen-bond acceptors (Lipinski definition) is 2. The topological polar surface area (TPSA) is 23.5 Å². The highest BCUT2D eigenvalue weighted by atomic mass is 16.3. The molecule has 1 aromatic rings. The lowest BCUT2D eigenvalue weighted by Gasteiger charge is -2.33. The Bertz CT molecular complexity index is 356. The number of rotatable bonds is 2. The van der Waals surface area contributed by atoms with Crippen LogP contribution >= 0.6 is 0 Å². The first kappa shape index (κ1) is 11.5. The standard InChI is InChI=1S/C14H21NO/c1-4-11-5-7-12(8-6-11)15-10-13(16)9-14(15,2)3/h5-8,13,16H,4,9-10H2,1-3H3. The minimum Gasteiger partial charge on any atom is -0.391 e. The van der Waals surface area contributed by atoms with Gasteiger partial charge in [-0.1, -0.05) is 19.1 Å². The summed E-state index contributed by atoms with van der Waals surface area (Å²) < 4.78 is 0. The van der Waals surface area contributed by atoms with Crippen LogP contribution in [0.1, 0.15) is 32.8 Å². The normalized spacial score (nSPS) is 23.8. The van der Waals surface area contributed by atoms with Gasteiger partial charge in [0.2, 0.25) is 0 Å². The minimum atomic E-state index is -0.194. The first-order chi connectivity index (χ1) is 7.53. The smallest absolute Gasteiger partial charge is 0.0737 e. The molecule has 16 heavy (non-hydrogen) atoms. The highest BCUT2D eigenvalue weighted by molar-refractivity contribution is 5.51. The van der Waals surface area contributed by atoms with E-state index in [0.717, 1.165) is 19.4 Å². The van der Waals surface area contributed by atoms with Crippen molar-refractivity contribution in [3.63, 3.8) is 0 Å². The molecule has 0 aromatic heterocycles. The number of β-amino-alcohol motifs (C(OH)–C–C–N with tert-alkyl or cyclic N) is 1. The van der Waals surface area contributed by atoms with Crippen molar-refractivity contribution in [1.82, 2.24) is 0 Å². The van der Waals surface area contributed by atoms with E-state index in [1.165, 1.54) is 11.3 Å². The lowest BCUT2D eigenvalue weighted by atomic mass is 10.0. The third-order valence-electron chi connectivity index (χ3n) is 3.52. The molecule has 1 aliphatic rings. The Morgan fingerprint density at radius 3 is 2.38 bits per heavy atom. The zero-order chi connectivity index (χ0) is 11.8. The highest BCUT2D eigenvalue weighted by Gasteiger charge is 2.37. The minimum absolute atomic E-state index is 0.0626. The molecule has 0 radical (unpaired) electrons. The largest absolute Gasteiger partial charge is 0.391 e. The van der Waals surface area contributed by atoms with E-state index in [4.69, 9.17) is 0 Å². The summed E-state index contributed by atoms with van der Waals surface area (Å²) in [6.45, 7) is 7.30. The van der Waals surface area contributed by atoms with Crippen LogP contribution in [0.3, 0.4) is 0 Å². The maximum atomic E-state index is 9.76. The summed E-state index contributed by atoms with van der Waals surface area (Å²) in [5.41, 5.74) is 2.65. The van der Waals surface area contributed by atoms with Gasteiger partial charge in [-0.25, -0.2) is 0 Å². The average molecular weight is 219 g/mol. The quantitative estimate of drug-likeness (QED) is 0.826. The number of nitrogens with zero attached hydrogens (tertiary/aromatic N) is 1. The fraction of sp³-hybridized carbons (Fsp3) is 0.571. The lowest BCUT2D eigenvalue weighted by Crippen LogP contribution is -2.38. The van der Waals surface area contributed by atoms with Gasteiger partial charge in [-0.05, 0) is 44.4 Å². The predicted molar refractivity (Wildman–Crippen MR) is 67.9 cm³/mol. The van der Waals surface area contributed by atoms with Gasteiger partial charge in [0, 0.05) is 17.8 Å². The summed E-state index contributed by atoms with van der Waals surface area (Å²) >= 11 is 0. The van der Waals surface area contributed by atoms with Gasteiger partial charge in [0.1, 0.15) is 0 Å². The molecule has 1 aromatic carbocycles. The van der Waals surface area contributed by atoms with E-state index < -0.39 is 0 Å². The van der Waals surface area contributed by atoms with E-state index in [0.29, 0.717) is 0 Å². The van der Waals surface area contributed by atoms with Crippen molar-refractivity contribution >= 4 is 5.69 Å². The number of aliphatic hydroxyl groups is 1. The van der Waals surface area contributed by atoms with E-state index in [1.54, 1.807) is 0 Å². The molecule has 0 amide bonds. The Kier molecular flexibility index (Phi) is 2.94. The van der Waals surface area contributed by atoms with Gasteiger partial charge in [-0.15, -0.1) is 0 Å². The number of hydrogen-bond donors (Lipinski definition) is 1. The number of aryl methyl sites for hydroxylation is 1. The molecule has 2 heteroatoms. The van der Waals surface area contributed by atoms with E-state index in [-0.39, 0.29) is 11.6 Å². The van der Waals surface area contributed by atoms with Gasteiger partial charge in [0.25, 0.3) is 0 Å². The molecule has 1 fully saturated rings. The second kappa shape index (κ2) is 4.10. The molecule has 1 N–H and O–H groups in total.